The van der Waals surface area contributed by atoms with Crippen LogP contribution in [0.25, 0.3) is 0 Å². The molecule has 23 heavy (non-hydrogen) atoms. The van der Waals surface area contributed by atoms with Gasteiger partial charge in [-0.15, -0.1) is 0 Å². The van der Waals surface area contributed by atoms with Crippen LogP contribution in [0.15, 0.2) is 24.3 Å². The van der Waals surface area contributed by atoms with Crippen LogP contribution in [0.5, 0.6) is 5.75 Å². The fourth-order valence-electron chi connectivity index (χ4n) is 2.22. The van der Waals surface area contributed by atoms with Gasteiger partial charge in [-0.2, -0.15) is 5.10 Å². The van der Waals surface area contributed by atoms with E-state index in [0.717, 1.165) is 11.4 Å². The van der Waals surface area contributed by atoms with Crippen molar-refractivity contribution in [2.75, 3.05) is 12.4 Å². The van der Waals surface area contributed by atoms with Crippen LogP contribution in [-0.4, -0.2) is 27.7 Å². The summed E-state index contributed by atoms with van der Waals surface area (Å²) in [5, 5.41) is 17.7. The van der Waals surface area contributed by atoms with Crippen LogP contribution in [0.1, 0.15) is 17.8 Å². The Balaban J connectivity index is 2.02. The molecule has 0 atom stereocenters. The van der Waals surface area contributed by atoms with Crippen molar-refractivity contribution in [3.63, 3.8) is 0 Å². The normalized spacial score (nSPS) is 10.4. The number of hydrogen-bond acceptors (Lipinski definition) is 5. The second-order valence-corrected chi connectivity index (χ2v) is 5.09. The SMILES string of the molecule is COc1cc([N+](=O)[O-])ccc1NC(=O)CCn1nc(C)cc1C. The molecule has 0 bridgehead atoms. The van der Waals surface area contributed by atoms with Crippen molar-refractivity contribution in [3.8, 4) is 5.75 Å². The maximum absolute atomic E-state index is 12.0. The summed E-state index contributed by atoms with van der Waals surface area (Å²) in [6, 6.07) is 5.99. The molecule has 2 aromatic rings. The minimum atomic E-state index is -0.517. The molecule has 0 saturated heterocycles. The topological polar surface area (TPSA) is 99.3 Å². The van der Waals surface area contributed by atoms with Crippen LogP contribution in [-0.2, 0) is 11.3 Å². The predicted molar refractivity (Wildman–Crippen MR) is 84.6 cm³/mol. The summed E-state index contributed by atoms with van der Waals surface area (Å²) >= 11 is 0. The molecule has 1 aromatic carbocycles. The summed E-state index contributed by atoms with van der Waals surface area (Å²) in [4.78, 5) is 22.3. The Morgan fingerprint density at radius 1 is 1.39 bits per heavy atom. The number of nitro benzene ring substituents is 1. The van der Waals surface area contributed by atoms with E-state index in [2.05, 4.69) is 10.4 Å². The molecule has 8 heteroatoms. The molecule has 1 aromatic heterocycles. The minimum Gasteiger partial charge on any atom is -0.494 e. The predicted octanol–water partition coefficient (Wildman–Crippen LogP) is 2.45. The van der Waals surface area contributed by atoms with E-state index >= 15 is 0 Å². The number of nitrogens with one attached hydrogen (secondary N) is 1. The molecule has 122 valence electrons. The number of carbonyl (C=O) groups is 1. The van der Waals surface area contributed by atoms with E-state index in [1.165, 1.54) is 25.3 Å². The van der Waals surface area contributed by atoms with Crippen LogP contribution < -0.4 is 10.1 Å². The van der Waals surface area contributed by atoms with E-state index in [1.807, 2.05) is 19.9 Å². The van der Waals surface area contributed by atoms with Crippen molar-refractivity contribution >= 4 is 17.3 Å². The number of methoxy groups -OCH3 is 1. The number of hydrogen-bond donors (Lipinski definition) is 1. The van der Waals surface area contributed by atoms with Gasteiger partial charge >= 0.3 is 0 Å². The van der Waals surface area contributed by atoms with E-state index < -0.39 is 4.92 Å². The molecule has 0 aliphatic carbocycles. The van der Waals surface area contributed by atoms with Crippen molar-refractivity contribution in [2.45, 2.75) is 26.8 Å². The Hall–Kier alpha value is -2.90. The molecule has 1 heterocycles. The molecule has 8 nitrogen and oxygen atoms in total. The van der Waals surface area contributed by atoms with Gasteiger partial charge in [0.05, 0.1) is 29.5 Å². The molecule has 1 amide bonds. The maximum Gasteiger partial charge on any atom is 0.273 e. The molecule has 0 fully saturated rings. The lowest BCUT2D eigenvalue weighted by Gasteiger charge is -2.10. The number of nitrogens with zero attached hydrogens (tertiary/aromatic N) is 3. The number of aromatic nitrogens is 2. The standard InChI is InChI=1S/C15H18N4O4/c1-10-8-11(2)18(17-10)7-6-15(20)16-13-5-4-12(19(21)22)9-14(13)23-3/h4-5,8-9H,6-7H2,1-3H3,(H,16,20). The van der Waals surface area contributed by atoms with Crippen LogP contribution in [0.4, 0.5) is 11.4 Å². The third-order valence-electron chi connectivity index (χ3n) is 3.32. The first kappa shape index (κ1) is 16.5. The third kappa shape index (κ3) is 4.06. The molecular formula is C15H18N4O4. The fourth-order valence-corrected chi connectivity index (χ4v) is 2.22. The first-order valence-electron chi connectivity index (χ1n) is 7.04. The van der Waals surface area contributed by atoms with Gasteiger partial charge in [0.2, 0.25) is 5.91 Å². The Morgan fingerprint density at radius 2 is 2.13 bits per heavy atom. The van der Waals surface area contributed by atoms with Gasteiger partial charge in [-0.3, -0.25) is 19.6 Å². The highest BCUT2D eigenvalue weighted by atomic mass is 16.6. The summed E-state index contributed by atoms with van der Waals surface area (Å²) < 4.78 is 6.85. The van der Waals surface area contributed by atoms with E-state index in [4.69, 9.17) is 4.74 Å². The van der Waals surface area contributed by atoms with E-state index in [-0.39, 0.29) is 23.8 Å². The Bertz CT molecular complexity index is 739. The first-order chi connectivity index (χ1) is 10.9. The summed E-state index contributed by atoms with van der Waals surface area (Å²) in [5.74, 6) is 0.0309. The number of nitro groups is 1. The largest absolute Gasteiger partial charge is 0.494 e. The minimum absolute atomic E-state index is 0.0949. The number of anilines is 1. The summed E-state index contributed by atoms with van der Waals surface area (Å²) in [7, 11) is 1.39. The molecule has 2 rings (SSSR count). The molecule has 0 saturated carbocycles. The molecule has 0 radical (unpaired) electrons. The number of benzene rings is 1. The zero-order valence-corrected chi connectivity index (χ0v) is 13.2. The third-order valence-corrected chi connectivity index (χ3v) is 3.32. The second-order valence-electron chi connectivity index (χ2n) is 5.09. The number of carbonyl (C=O) groups excluding carboxylic acids is 1. The van der Waals surface area contributed by atoms with Gasteiger partial charge < -0.3 is 10.1 Å². The van der Waals surface area contributed by atoms with Crippen LogP contribution >= 0.6 is 0 Å². The number of aryl methyl sites for hydroxylation is 3. The van der Waals surface area contributed by atoms with Crippen molar-refractivity contribution in [3.05, 3.63) is 45.8 Å². The van der Waals surface area contributed by atoms with Crippen molar-refractivity contribution in [1.82, 2.24) is 9.78 Å². The number of rotatable bonds is 6. The van der Waals surface area contributed by atoms with Crippen LogP contribution in [0.3, 0.4) is 0 Å². The number of non-ortho nitro benzene ring substituents is 1. The Morgan fingerprint density at radius 3 is 2.70 bits per heavy atom. The van der Waals surface area contributed by atoms with Crippen molar-refractivity contribution in [1.29, 1.82) is 0 Å². The Labute approximate surface area is 133 Å². The van der Waals surface area contributed by atoms with Crippen molar-refractivity contribution < 1.29 is 14.5 Å². The zero-order valence-electron chi connectivity index (χ0n) is 13.2. The number of amides is 1. The van der Waals surface area contributed by atoms with Crippen molar-refractivity contribution in [2.24, 2.45) is 0 Å². The van der Waals surface area contributed by atoms with E-state index in [9.17, 15) is 14.9 Å². The average molecular weight is 318 g/mol. The zero-order chi connectivity index (χ0) is 17.0. The second kappa shape index (κ2) is 6.91. The fraction of sp³-hybridized carbons (Fsp3) is 0.333. The molecular weight excluding hydrogens is 300 g/mol. The quantitative estimate of drug-likeness (QED) is 0.651. The first-order valence-corrected chi connectivity index (χ1v) is 7.04. The highest BCUT2D eigenvalue weighted by Gasteiger charge is 2.13. The highest BCUT2D eigenvalue weighted by molar-refractivity contribution is 5.92. The molecule has 0 unspecified atom stereocenters. The lowest BCUT2D eigenvalue weighted by molar-refractivity contribution is -0.384. The van der Waals surface area contributed by atoms with E-state index in [1.54, 1.807) is 4.68 Å². The van der Waals surface area contributed by atoms with Gasteiger partial charge in [0.1, 0.15) is 5.75 Å². The van der Waals surface area contributed by atoms with Gasteiger partial charge in [-0.05, 0) is 26.0 Å². The molecule has 0 spiro atoms. The van der Waals surface area contributed by atoms with Gasteiger partial charge in [-0.25, -0.2) is 0 Å². The van der Waals surface area contributed by atoms with Crippen LogP contribution in [0, 0.1) is 24.0 Å². The summed E-state index contributed by atoms with van der Waals surface area (Å²) in [6.45, 7) is 4.28. The smallest absolute Gasteiger partial charge is 0.273 e. The summed E-state index contributed by atoms with van der Waals surface area (Å²) in [5.41, 5.74) is 2.20. The van der Waals surface area contributed by atoms with Gasteiger partial charge in [0, 0.05) is 24.7 Å². The maximum atomic E-state index is 12.0. The van der Waals surface area contributed by atoms with Gasteiger partial charge in [0.25, 0.3) is 5.69 Å². The monoisotopic (exact) mass is 318 g/mol. The Kier molecular flexibility index (Phi) is 4.95. The average Bonchev–Trinajstić information content (AvgIpc) is 2.83. The lowest BCUT2D eigenvalue weighted by Crippen LogP contribution is -2.16. The van der Waals surface area contributed by atoms with Gasteiger partial charge in [-0.1, -0.05) is 0 Å². The lowest BCUT2D eigenvalue weighted by atomic mass is 10.2. The molecule has 0 aliphatic rings. The van der Waals surface area contributed by atoms with Crippen LogP contribution in [0.2, 0.25) is 0 Å². The van der Waals surface area contributed by atoms with E-state index in [0.29, 0.717) is 12.2 Å². The summed E-state index contributed by atoms with van der Waals surface area (Å²) in [6.07, 6.45) is 0.238. The highest BCUT2D eigenvalue weighted by Crippen LogP contribution is 2.29. The number of ether oxygens (including phenoxy) is 1. The molecule has 0 aliphatic heterocycles. The molecule has 1 N–H and O–H groups in total. The van der Waals surface area contributed by atoms with Gasteiger partial charge in [0.15, 0.2) is 0 Å².